The summed E-state index contributed by atoms with van der Waals surface area (Å²) in [6, 6.07) is 7.41. The Kier molecular flexibility index (Phi) is 9.78. The molecule has 0 unspecified atom stereocenters. The summed E-state index contributed by atoms with van der Waals surface area (Å²) in [6.45, 7) is 4.46. The first-order valence-corrected chi connectivity index (χ1v) is 11.0. The van der Waals surface area contributed by atoms with Gasteiger partial charge in [-0.2, -0.15) is 0 Å². The van der Waals surface area contributed by atoms with Crippen LogP contribution in [0.25, 0.3) is 0 Å². The van der Waals surface area contributed by atoms with Gasteiger partial charge < -0.3 is 20.7 Å². The maximum absolute atomic E-state index is 12.9. The van der Waals surface area contributed by atoms with E-state index < -0.39 is 24.1 Å². The highest BCUT2D eigenvalue weighted by atomic mass is 35.5. The lowest BCUT2D eigenvalue weighted by molar-refractivity contribution is -0.129. The van der Waals surface area contributed by atoms with Crippen molar-refractivity contribution in [2.24, 2.45) is 11.8 Å². The lowest BCUT2D eigenvalue weighted by atomic mass is 9.95. The standard InChI is InChI=1S/C22H30ClN3O5/c1-14(2)10-18(26-22(30)31-13-15-6-4-3-5-7-15)21(29)25-17(19(27)12-23)11-16-8-9-24-20(16)28/h3-7,14,16-18H,8-13H2,1-2H3,(H,24,28)(H,25,29)(H,26,30)/t16-,17-,18+/m0/s1. The van der Waals surface area contributed by atoms with Crippen LogP contribution in [0.2, 0.25) is 0 Å². The van der Waals surface area contributed by atoms with Gasteiger partial charge in [-0.15, -0.1) is 11.6 Å². The Hall–Kier alpha value is -2.61. The average Bonchev–Trinajstić information content (AvgIpc) is 3.15. The van der Waals surface area contributed by atoms with E-state index in [1.807, 2.05) is 44.2 Å². The molecule has 2 rings (SSSR count). The van der Waals surface area contributed by atoms with Crippen LogP contribution in [-0.4, -0.2) is 48.2 Å². The van der Waals surface area contributed by atoms with Crippen LogP contribution in [0.4, 0.5) is 4.79 Å². The molecule has 0 spiro atoms. The van der Waals surface area contributed by atoms with Gasteiger partial charge in [0, 0.05) is 12.5 Å². The number of ketones is 1. The van der Waals surface area contributed by atoms with Crippen molar-refractivity contribution < 1.29 is 23.9 Å². The zero-order valence-corrected chi connectivity index (χ0v) is 18.6. The van der Waals surface area contributed by atoms with E-state index in [-0.39, 0.29) is 42.4 Å². The molecule has 0 aromatic heterocycles. The minimum Gasteiger partial charge on any atom is -0.445 e. The molecule has 0 bridgehead atoms. The van der Waals surface area contributed by atoms with Gasteiger partial charge in [0.15, 0.2) is 5.78 Å². The Morgan fingerprint density at radius 3 is 2.45 bits per heavy atom. The molecule has 3 amide bonds. The third kappa shape index (κ3) is 8.20. The zero-order chi connectivity index (χ0) is 22.8. The molecule has 0 saturated carbocycles. The van der Waals surface area contributed by atoms with Crippen molar-refractivity contribution in [2.45, 2.75) is 51.8 Å². The van der Waals surface area contributed by atoms with Crippen LogP contribution in [0.15, 0.2) is 30.3 Å². The van der Waals surface area contributed by atoms with Crippen LogP contribution in [-0.2, 0) is 25.7 Å². The van der Waals surface area contributed by atoms with Crippen molar-refractivity contribution in [3.63, 3.8) is 0 Å². The number of amides is 3. The second kappa shape index (κ2) is 12.3. The molecule has 1 aromatic carbocycles. The largest absolute Gasteiger partial charge is 0.445 e. The highest BCUT2D eigenvalue weighted by Gasteiger charge is 2.33. The molecule has 0 aliphatic carbocycles. The summed E-state index contributed by atoms with van der Waals surface area (Å²) in [5, 5.41) is 7.98. The molecule has 31 heavy (non-hydrogen) atoms. The number of rotatable bonds is 11. The molecular weight excluding hydrogens is 422 g/mol. The van der Waals surface area contributed by atoms with Gasteiger partial charge in [-0.05, 0) is 30.7 Å². The van der Waals surface area contributed by atoms with Crippen LogP contribution in [0.5, 0.6) is 0 Å². The Morgan fingerprint density at radius 2 is 1.87 bits per heavy atom. The average molecular weight is 452 g/mol. The van der Waals surface area contributed by atoms with Crippen molar-refractivity contribution in [3.05, 3.63) is 35.9 Å². The molecule has 170 valence electrons. The summed E-state index contributed by atoms with van der Waals surface area (Å²) in [6.07, 6.45) is 0.411. The predicted octanol–water partition coefficient (Wildman–Crippen LogP) is 2.15. The van der Waals surface area contributed by atoms with Crippen molar-refractivity contribution >= 4 is 35.3 Å². The van der Waals surface area contributed by atoms with Gasteiger partial charge in [0.05, 0.1) is 11.9 Å². The molecule has 1 aliphatic rings. The monoisotopic (exact) mass is 451 g/mol. The predicted molar refractivity (Wildman–Crippen MR) is 116 cm³/mol. The Morgan fingerprint density at radius 1 is 1.16 bits per heavy atom. The van der Waals surface area contributed by atoms with E-state index in [0.717, 1.165) is 5.56 Å². The van der Waals surface area contributed by atoms with Crippen molar-refractivity contribution in [1.29, 1.82) is 0 Å². The van der Waals surface area contributed by atoms with Crippen molar-refractivity contribution in [2.75, 3.05) is 12.4 Å². The van der Waals surface area contributed by atoms with Gasteiger partial charge in [0.2, 0.25) is 11.8 Å². The summed E-state index contributed by atoms with van der Waals surface area (Å²) in [5.41, 5.74) is 0.824. The van der Waals surface area contributed by atoms with Crippen molar-refractivity contribution in [1.82, 2.24) is 16.0 Å². The smallest absolute Gasteiger partial charge is 0.408 e. The van der Waals surface area contributed by atoms with E-state index in [4.69, 9.17) is 16.3 Å². The molecular formula is C22H30ClN3O5. The first-order chi connectivity index (χ1) is 14.8. The molecule has 3 atom stereocenters. The maximum Gasteiger partial charge on any atom is 0.408 e. The summed E-state index contributed by atoms with van der Waals surface area (Å²) < 4.78 is 5.21. The normalized spacial score (nSPS) is 17.5. The number of Topliss-reactive ketones (excluding diaryl/α,β-unsaturated/α-hetero) is 1. The third-order valence-corrected chi connectivity index (χ3v) is 5.31. The number of carbonyl (C=O) groups excluding carboxylic acids is 4. The van der Waals surface area contributed by atoms with E-state index in [2.05, 4.69) is 16.0 Å². The minimum atomic E-state index is -0.893. The fourth-order valence-corrected chi connectivity index (χ4v) is 3.59. The lowest BCUT2D eigenvalue weighted by Gasteiger charge is -2.24. The Bertz CT molecular complexity index is 772. The number of hydrogen-bond donors (Lipinski definition) is 3. The number of benzene rings is 1. The topological polar surface area (TPSA) is 114 Å². The lowest BCUT2D eigenvalue weighted by Crippen LogP contribution is -2.53. The maximum atomic E-state index is 12.9. The molecule has 0 radical (unpaired) electrons. The minimum absolute atomic E-state index is 0.0762. The molecule has 9 heteroatoms. The van der Waals surface area contributed by atoms with Crippen LogP contribution >= 0.6 is 11.6 Å². The number of alkyl carbamates (subject to hydrolysis) is 1. The fraction of sp³-hybridized carbons (Fsp3) is 0.545. The summed E-state index contributed by atoms with van der Waals surface area (Å²) in [5.74, 6) is -1.54. The summed E-state index contributed by atoms with van der Waals surface area (Å²) in [7, 11) is 0. The SMILES string of the molecule is CC(C)C[C@@H](NC(=O)OCc1ccccc1)C(=O)N[C@@H](C[C@@H]1CCNC1=O)C(=O)CCl. The number of nitrogens with one attached hydrogen (secondary N) is 3. The molecule has 1 saturated heterocycles. The molecule has 1 heterocycles. The first kappa shape index (κ1) is 24.7. The molecule has 1 fully saturated rings. The quantitative estimate of drug-likeness (QED) is 0.446. The number of halogens is 1. The van der Waals surface area contributed by atoms with E-state index in [9.17, 15) is 19.2 Å². The van der Waals surface area contributed by atoms with Gasteiger partial charge in [0.25, 0.3) is 0 Å². The van der Waals surface area contributed by atoms with Gasteiger partial charge >= 0.3 is 6.09 Å². The zero-order valence-electron chi connectivity index (χ0n) is 17.9. The van der Waals surface area contributed by atoms with Crippen LogP contribution < -0.4 is 16.0 Å². The number of hydrogen-bond acceptors (Lipinski definition) is 5. The van der Waals surface area contributed by atoms with E-state index in [0.29, 0.717) is 19.4 Å². The van der Waals surface area contributed by atoms with E-state index >= 15 is 0 Å². The molecule has 3 N–H and O–H groups in total. The second-order valence-electron chi connectivity index (χ2n) is 8.06. The van der Waals surface area contributed by atoms with Gasteiger partial charge in [-0.1, -0.05) is 44.2 Å². The molecule has 1 aliphatic heterocycles. The Labute approximate surface area is 187 Å². The highest BCUT2D eigenvalue weighted by molar-refractivity contribution is 6.28. The first-order valence-electron chi connectivity index (χ1n) is 10.4. The number of carbonyl (C=O) groups is 4. The molecule has 8 nitrogen and oxygen atoms in total. The molecule has 1 aromatic rings. The van der Waals surface area contributed by atoms with Gasteiger partial charge in [-0.3, -0.25) is 14.4 Å². The summed E-state index contributed by atoms with van der Waals surface area (Å²) >= 11 is 5.71. The van der Waals surface area contributed by atoms with Crippen molar-refractivity contribution in [3.8, 4) is 0 Å². The third-order valence-electron chi connectivity index (χ3n) is 5.05. The van der Waals surface area contributed by atoms with E-state index in [1.165, 1.54) is 0 Å². The number of ether oxygens (including phenoxy) is 1. The van der Waals surface area contributed by atoms with E-state index in [1.54, 1.807) is 0 Å². The van der Waals surface area contributed by atoms with Crippen LogP contribution in [0, 0.1) is 11.8 Å². The second-order valence-corrected chi connectivity index (χ2v) is 8.33. The van der Waals surface area contributed by atoms with Gasteiger partial charge in [0.1, 0.15) is 12.6 Å². The highest BCUT2D eigenvalue weighted by Crippen LogP contribution is 2.17. The van der Waals surface area contributed by atoms with Crippen LogP contribution in [0.3, 0.4) is 0 Å². The fourth-order valence-electron chi connectivity index (χ4n) is 3.40. The summed E-state index contributed by atoms with van der Waals surface area (Å²) in [4.78, 5) is 49.3. The number of alkyl halides is 1. The van der Waals surface area contributed by atoms with Crippen LogP contribution in [0.1, 0.15) is 38.7 Å². The van der Waals surface area contributed by atoms with Gasteiger partial charge in [-0.25, -0.2) is 4.79 Å². The Balaban J connectivity index is 1.99.